The number of aromatic nitrogens is 2. The van der Waals surface area contributed by atoms with Crippen LogP contribution in [0, 0.1) is 0 Å². The molecule has 1 heterocycles. The third-order valence-corrected chi connectivity index (χ3v) is 3.54. The van der Waals surface area contributed by atoms with E-state index in [2.05, 4.69) is 20.0 Å². The van der Waals surface area contributed by atoms with E-state index in [0.29, 0.717) is 6.54 Å². The summed E-state index contributed by atoms with van der Waals surface area (Å²) in [6.07, 6.45) is 2.46. The van der Waals surface area contributed by atoms with Gasteiger partial charge in [-0.15, -0.1) is 0 Å². The molecule has 100 valence electrons. The highest BCUT2D eigenvalue weighted by Crippen LogP contribution is 2.00. The molecule has 0 bridgehead atoms. The number of hydrogen-bond acceptors (Lipinski definition) is 5. The van der Waals surface area contributed by atoms with Gasteiger partial charge in [-0.2, -0.15) is 0 Å². The Balaban J connectivity index is 2.45. The number of halogens is 1. The van der Waals surface area contributed by atoms with Crippen LogP contribution in [0.5, 0.6) is 0 Å². The maximum atomic E-state index is 11.5. The number of nitrogens with zero attached hydrogens (tertiary/aromatic N) is 2. The summed E-state index contributed by atoms with van der Waals surface area (Å²) in [7, 11) is -3.34. The first-order valence-corrected chi connectivity index (χ1v) is 7.20. The van der Waals surface area contributed by atoms with Crippen molar-refractivity contribution in [2.45, 2.75) is 6.92 Å². The smallest absolute Gasteiger partial charge is 0.271 e. The van der Waals surface area contributed by atoms with Crippen molar-refractivity contribution in [3.05, 3.63) is 23.2 Å². The lowest BCUT2D eigenvalue weighted by Crippen LogP contribution is -2.34. The van der Waals surface area contributed by atoms with Crippen LogP contribution in [0.15, 0.2) is 12.4 Å². The number of amides is 1. The molecule has 7 nitrogen and oxygen atoms in total. The van der Waals surface area contributed by atoms with Crippen LogP contribution in [0.2, 0.25) is 5.15 Å². The summed E-state index contributed by atoms with van der Waals surface area (Å²) in [5, 5.41) is 2.61. The van der Waals surface area contributed by atoms with Crippen LogP contribution in [0.25, 0.3) is 0 Å². The molecule has 9 heteroatoms. The summed E-state index contributed by atoms with van der Waals surface area (Å²) in [6.45, 7) is 2.00. The average molecular weight is 293 g/mol. The molecule has 0 radical (unpaired) electrons. The fraction of sp³-hybridized carbons (Fsp3) is 0.444. The summed E-state index contributed by atoms with van der Waals surface area (Å²) >= 11 is 5.52. The lowest BCUT2D eigenvalue weighted by molar-refractivity contribution is 0.0951. The van der Waals surface area contributed by atoms with Gasteiger partial charge in [0.2, 0.25) is 10.0 Å². The summed E-state index contributed by atoms with van der Waals surface area (Å²) < 4.78 is 24.9. The van der Waals surface area contributed by atoms with Gasteiger partial charge in [-0.05, 0) is 0 Å². The lowest BCUT2D eigenvalue weighted by Gasteiger charge is -2.05. The number of carbonyl (C=O) groups is 1. The second-order valence-electron chi connectivity index (χ2n) is 3.30. The number of nitrogens with one attached hydrogen (secondary N) is 2. The van der Waals surface area contributed by atoms with Gasteiger partial charge in [0.25, 0.3) is 5.91 Å². The van der Waals surface area contributed by atoms with Crippen molar-refractivity contribution in [2.24, 2.45) is 0 Å². The van der Waals surface area contributed by atoms with Gasteiger partial charge in [0.05, 0.1) is 18.1 Å². The molecule has 18 heavy (non-hydrogen) atoms. The molecule has 0 atom stereocenters. The van der Waals surface area contributed by atoms with Crippen molar-refractivity contribution in [2.75, 3.05) is 18.8 Å². The molecule has 0 fully saturated rings. The van der Waals surface area contributed by atoms with Gasteiger partial charge in [-0.1, -0.05) is 18.5 Å². The van der Waals surface area contributed by atoms with Crippen LogP contribution in [-0.4, -0.2) is 43.1 Å². The van der Waals surface area contributed by atoms with Gasteiger partial charge in [0.15, 0.2) is 0 Å². The molecular weight excluding hydrogens is 280 g/mol. The van der Waals surface area contributed by atoms with E-state index < -0.39 is 15.9 Å². The van der Waals surface area contributed by atoms with Crippen molar-refractivity contribution in [1.82, 2.24) is 20.0 Å². The maximum absolute atomic E-state index is 11.5. The van der Waals surface area contributed by atoms with Crippen molar-refractivity contribution in [1.29, 1.82) is 0 Å². The van der Waals surface area contributed by atoms with E-state index in [9.17, 15) is 13.2 Å². The highest BCUT2D eigenvalue weighted by molar-refractivity contribution is 7.89. The summed E-state index contributed by atoms with van der Waals surface area (Å²) in [5.74, 6) is -0.681. The number of sulfonamides is 1. The largest absolute Gasteiger partial charge is 0.350 e. The predicted molar refractivity (Wildman–Crippen MR) is 66.8 cm³/mol. The molecule has 0 aliphatic carbocycles. The second kappa shape index (κ2) is 6.62. The van der Waals surface area contributed by atoms with Crippen molar-refractivity contribution in [3.63, 3.8) is 0 Å². The minimum atomic E-state index is -3.34. The quantitative estimate of drug-likeness (QED) is 0.756. The Morgan fingerprint density at radius 3 is 2.67 bits per heavy atom. The Bertz CT molecular complexity index is 503. The van der Waals surface area contributed by atoms with Crippen LogP contribution in [0.3, 0.4) is 0 Å². The fourth-order valence-corrected chi connectivity index (χ4v) is 2.16. The normalized spacial score (nSPS) is 11.2. The predicted octanol–water partition coefficient (Wildman–Crippen LogP) is -0.201. The van der Waals surface area contributed by atoms with Gasteiger partial charge < -0.3 is 5.32 Å². The third-order valence-electron chi connectivity index (χ3n) is 1.87. The Morgan fingerprint density at radius 1 is 1.39 bits per heavy atom. The molecule has 0 aliphatic heterocycles. The van der Waals surface area contributed by atoms with Crippen LogP contribution < -0.4 is 10.0 Å². The minimum absolute atomic E-state index is 0.00151. The Morgan fingerprint density at radius 2 is 2.11 bits per heavy atom. The summed E-state index contributed by atoms with van der Waals surface area (Å²) in [4.78, 5) is 19.0. The third kappa shape index (κ3) is 4.94. The molecular formula is C9H13ClN4O3S. The van der Waals surface area contributed by atoms with E-state index in [1.54, 1.807) is 6.92 Å². The molecule has 1 aromatic heterocycles. The van der Waals surface area contributed by atoms with Crippen LogP contribution in [0.1, 0.15) is 17.4 Å². The molecule has 0 aliphatic rings. The van der Waals surface area contributed by atoms with Crippen LogP contribution >= 0.6 is 11.6 Å². The van der Waals surface area contributed by atoms with Gasteiger partial charge in [-0.3, -0.25) is 4.79 Å². The number of hydrogen-bond donors (Lipinski definition) is 2. The van der Waals surface area contributed by atoms with Crippen molar-refractivity contribution >= 4 is 27.5 Å². The molecule has 0 spiro atoms. The molecule has 0 unspecified atom stereocenters. The number of carbonyl (C=O) groups excluding carboxylic acids is 1. The SMILES string of the molecule is CCNS(=O)(=O)CCNC(=O)c1cnc(Cl)cn1. The highest BCUT2D eigenvalue weighted by atomic mass is 35.5. The van der Waals surface area contributed by atoms with Crippen LogP contribution in [-0.2, 0) is 10.0 Å². The van der Waals surface area contributed by atoms with E-state index in [1.807, 2.05) is 0 Å². The zero-order valence-electron chi connectivity index (χ0n) is 9.68. The molecule has 0 saturated carbocycles. The number of rotatable bonds is 6. The minimum Gasteiger partial charge on any atom is -0.350 e. The maximum Gasteiger partial charge on any atom is 0.271 e. The van der Waals surface area contributed by atoms with E-state index in [4.69, 9.17) is 11.6 Å². The molecule has 0 saturated heterocycles. The fourth-order valence-electron chi connectivity index (χ4n) is 1.11. The van der Waals surface area contributed by atoms with Crippen LogP contribution in [0.4, 0.5) is 0 Å². The topological polar surface area (TPSA) is 101 Å². The Labute approximate surface area is 110 Å². The van der Waals surface area contributed by atoms with Gasteiger partial charge in [-0.25, -0.2) is 23.1 Å². The van der Waals surface area contributed by atoms with Gasteiger partial charge >= 0.3 is 0 Å². The van der Waals surface area contributed by atoms with E-state index in [-0.39, 0.29) is 23.1 Å². The molecule has 1 aromatic rings. The van der Waals surface area contributed by atoms with E-state index in [0.717, 1.165) is 0 Å². The highest BCUT2D eigenvalue weighted by Gasteiger charge is 2.11. The first-order chi connectivity index (χ1) is 8.44. The average Bonchev–Trinajstić information content (AvgIpc) is 2.29. The zero-order chi connectivity index (χ0) is 13.6. The Hall–Kier alpha value is -1.25. The molecule has 1 amide bonds. The first-order valence-electron chi connectivity index (χ1n) is 5.17. The second-order valence-corrected chi connectivity index (χ2v) is 5.61. The molecule has 2 N–H and O–H groups in total. The van der Waals surface area contributed by atoms with E-state index >= 15 is 0 Å². The molecule has 0 aromatic carbocycles. The summed E-state index contributed by atoms with van der Waals surface area (Å²) in [5.41, 5.74) is 0.0836. The van der Waals surface area contributed by atoms with Gasteiger partial charge in [0, 0.05) is 13.1 Å². The van der Waals surface area contributed by atoms with Gasteiger partial charge in [0.1, 0.15) is 10.8 Å². The van der Waals surface area contributed by atoms with Crippen molar-refractivity contribution < 1.29 is 13.2 Å². The van der Waals surface area contributed by atoms with Crippen molar-refractivity contribution in [3.8, 4) is 0 Å². The lowest BCUT2D eigenvalue weighted by atomic mass is 10.4. The molecule has 1 rings (SSSR count). The first kappa shape index (κ1) is 14.8. The zero-order valence-corrected chi connectivity index (χ0v) is 11.3. The van der Waals surface area contributed by atoms with E-state index in [1.165, 1.54) is 12.4 Å². The Kier molecular flexibility index (Phi) is 5.45. The standard InChI is InChI=1S/C9H13ClN4O3S/c1-2-14-18(16,17)4-3-11-9(15)7-5-13-8(10)6-12-7/h5-6,14H,2-4H2,1H3,(H,11,15). The monoisotopic (exact) mass is 292 g/mol. The summed E-state index contributed by atoms with van der Waals surface area (Å²) in [6, 6.07) is 0.